The number of anilines is 1. The fourth-order valence-electron chi connectivity index (χ4n) is 3.77. The van der Waals surface area contributed by atoms with Gasteiger partial charge in [0, 0.05) is 30.1 Å². The van der Waals surface area contributed by atoms with Crippen LogP contribution in [0.25, 0.3) is 11.3 Å². The highest BCUT2D eigenvalue weighted by molar-refractivity contribution is 6.33. The third-order valence-electron chi connectivity index (χ3n) is 5.23. The summed E-state index contributed by atoms with van der Waals surface area (Å²) in [5.74, 6) is -0.0217. The summed E-state index contributed by atoms with van der Waals surface area (Å²) in [4.78, 5) is 9.13. The Morgan fingerprint density at radius 1 is 1.13 bits per heavy atom. The first-order valence-electron chi connectivity index (χ1n) is 10.1. The van der Waals surface area contributed by atoms with Crippen LogP contribution in [0.15, 0.2) is 48.7 Å². The number of hydrogen-bond acceptors (Lipinski definition) is 4. The third-order valence-corrected chi connectivity index (χ3v) is 5.53. The molecule has 1 aliphatic heterocycles. The van der Waals surface area contributed by atoms with Crippen molar-refractivity contribution >= 4 is 17.4 Å². The van der Waals surface area contributed by atoms with Crippen molar-refractivity contribution < 1.29 is 8.78 Å². The van der Waals surface area contributed by atoms with Gasteiger partial charge in [-0.2, -0.15) is 0 Å². The maximum atomic E-state index is 13.4. The molecule has 4 nitrogen and oxygen atoms in total. The van der Waals surface area contributed by atoms with Gasteiger partial charge in [0.15, 0.2) is 0 Å². The molecule has 1 aliphatic rings. The maximum absolute atomic E-state index is 13.4. The van der Waals surface area contributed by atoms with E-state index in [0.29, 0.717) is 22.3 Å². The first-order valence-corrected chi connectivity index (χ1v) is 10.5. The number of benzene rings is 1. The van der Waals surface area contributed by atoms with E-state index in [2.05, 4.69) is 20.6 Å². The van der Waals surface area contributed by atoms with E-state index in [-0.39, 0.29) is 6.54 Å². The predicted molar refractivity (Wildman–Crippen MR) is 115 cm³/mol. The highest BCUT2D eigenvalue weighted by Crippen LogP contribution is 2.28. The zero-order valence-electron chi connectivity index (χ0n) is 16.5. The zero-order chi connectivity index (χ0) is 20.9. The van der Waals surface area contributed by atoms with Crippen LogP contribution < -0.4 is 10.6 Å². The lowest BCUT2D eigenvalue weighted by atomic mass is 9.94. The second-order valence-corrected chi connectivity index (χ2v) is 8.02. The molecule has 2 N–H and O–H groups in total. The number of piperidine rings is 1. The van der Waals surface area contributed by atoms with E-state index in [1.807, 2.05) is 24.3 Å². The summed E-state index contributed by atoms with van der Waals surface area (Å²) in [5.41, 5.74) is 3.05. The van der Waals surface area contributed by atoms with Gasteiger partial charge < -0.3 is 10.6 Å². The van der Waals surface area contributed by atoms with Crippen LogP contribution in [0.2, 0.25) is 5.02 Å². The van der Waals surface area contributed by atoms with Gasteiger partial charge in [0.25, 0.3) is 0 Å². The summed E-state index contributed by atoms with van der Waals surface area (Å²) >= 11 is 6.42. The number of aromatic nitrogens is 2. The average Bonchev–Trinajstić information content (AvgIpc) is 2.74. The zero-order valence-corrected chi connectivity index (χ0v) is 17.2. The highest BCUT2D eigenvalue weighted by Gasteiger charge is 2.16. The molecular formula is C23H23ClF2N4. The Morgan fingerprint density at radius 2 is 1.97 bits per heavy atom. The molecule has 4 rings (SSSR count). The Bertz CT molecular complexity index is 1000. The first kappa shape index (κ1) is 20.7. The van der Waals surface area contributed by atoms with E-state index in [9.17, 15) is 8.78 Å². The maximum Gasteiger partial charge on any atom is 0.126 e. The summed E-state index contributed by atoms with van der Waals surface area (Å²) in [6, 6.07) is 11.0. The molecule has 2 aromatic heterocycles. The summed E-state index contributed by atoms with van der Waals surface area (Å²) in [5, 5.41) is 7.09. The second-order valence-electron chi connectivity index (χ2n) is 7.61. The normalized spacial score (nSPS) is 16.4. The molecule has 1 atom stereocenters. The Morgan fingerprint density at radius 3 is 2.73 bits per heavy atom. The van der Waals surface area contributed by atoms with Crippen molar-refractivity contribution in [2.75, 3.05) is 18.4 Å². The van der Waals surface area contributed by atoms with E-state index >= 15 is 0 Å². The first-order chi connectivity index (χ1) is 14.6. The Hall–Kier alpha value is -2.57. The predicted octanol–water partition coefficient (Wildman–Crippen LogP) is 5.23. The number of halogens is 3. The minimum atomic E-state index is -0.599. The Balaban J connectivity index is 1.50. The lowest BCUT2D eigenvalue weighted by Gasteiger charge is -2.22. The van der Waals surface area contributed by atoms with Crippen molar-refractivity contribution in [3.63, 3.8) is 0 Å². The molecule has 0 amide bonds. The lowest BCUT2D eigenvalue weighted by Crippen LogP contribution is -2.31. The monoisotopic (exact) mass is 428 g/mol. The van der Waals surface area contributed by atoms with Gasteiger partial charge in [-0.05, 0) is 74.2 Å². The fourth-order valence-corrected chi connectivity index (χ4v) is 3.97. The molecule has 30 heavy (non-hydrogen) atoms. The van der Waals surface area contributed by atoms with Gasteiger partial charge in [-0.3, -0.25) is 4.98 Å². The summed E-state index contributed by atoms with van der Waals surface area (Å²) in [7, 11) is 0. The number of nitrogens with one attached hydrogen (secondary N) is 2. The van der Waals surface area contributed by atoms with Crippen molar-refractivity contribution in [3.8, 4) is 11.3 Å². The summed E-state index contributed by atoms with van der Waals surface area (Å²) < 4.78 is 26.8. The van der Waals surface area contributed by atoms with Crippen molar-refractivity contribution in [2.24, 2.45) is 5.92 Å². The standard InChI is InChI=1S/C23H23ClF2N4/c24-21-14-28-19(9-15-3-2-6-27-12-15)11-20(21)22-4-1-5-23(30-22)29-13-16-7-17(25)10-18(26)8-16/h1,4-5,7-8,10-11,14-15,27H,2-3,6,9,12-13H2,(H,29,30)/t15-/m0/s1. The van der Waals surface area contributed by atoms with Crippen LogP contribution in [0.4, 0.5) is 14.6 Å². The van der Waals surface area contributed by atoms with E-state index in [0.717, 1.165) is 42.5 Å². The van der Waals surface area contributed by atoms with Crippen LogP contribution in [-0.2, 0) is 13.0 Å². The van der Waals surface area contributed by atoms with Crippen molar-refractivity contribution in [3.05, 3.63) is 76.6 Å². The molecule has 0 saturated carbocycles. The molecule has 0 spiro atoms. The van der Waals surface area contributed by atoms with Gasteiger partial charge in [0.1, 0.15) is 17.5 Å². The van der Waals surface area contributed by atoms with Crippen LogP contribution in [0.3, 0.4) is 0 Å². The van der Waals surface area contributed by atoms with Crippen molar-refractivity contribution in [1.82, 2.24) is 15.3 Å². The van der Waals surface area contributed by atoms with E-state index < -0.39 is 11.6 Å². The minimum absolute atomic E-state index is 0.259. The van der Waals surface area contributed by atoms with Crippen LogP contribution in [0.5, 0.6) is 0 Å². The molecule has 156 valence electrons. The third kappa shape index (κ3) is 5.32. The van der Waals surface area contributed by atoms with Gasteiger partial charge in [-0.1, -0.05) is 17.7 Å². The lowest BCUT2D eigenvalue weighted by molar-refractivity contribution is 0.373. The minimum Gasteiger partial charge on any atom is -0.366 e. The molecular weight excluding hydrogens is 406 g/mol. The van der Waals surface area contributed by atoms with Crippen molar-refractivity contribution in [2.45, 2.75) is 25.8 Å². The molecule has 3 heterocycles. The summed E-state index contributed by atoms with van der Waals surface area (Å²) in [6.45, 7) is 2.36. The van der Waals surface area contributed by atoms with E-state index in [1.54, 1.807) is 6.20 Å². The van der Waals surface area contributed by atoms with Gasteiger partial charge in [0.05, 0.1) is 10.7 Å². The number of nitrogens with zero attached hydrogens (tertiary/aromatic N) is 2. The highest BCUT2D eigenvalue weighted by atomic mass is 35.5. The van der Waals surface area contributed by atoms with Crippen LogP contribution in [0.1, 0.15) is 24.1 Å². The molecule has 1 saturated heterocycles. The number of rotatable bonds is 6. The molecule has 1 aromatic carbocycles. The molecule has 7 heteroatoms. The SMILES string of the molecule is Fc1cc(F)cc(CNc2cccc(-c3cc(C[C@@H]4CCCNC4)ncc3Cl)n2)c1. The van der Waals surface area contributed by atoms with Crippen LogP contribution in [0, 0.1) is 17.6 Å². The van der Waals surface area contributed by atoms with Gasteiger partial charge in [-0.25, -0.2) is 13.8 Å². The molecule has 0 aliphatic carbocycles. The van der Waals surface area contributed by atoms with Gasteiger partial charge in [-0.15, -0.1) is 0 Å². The van der Waals surface area contributed by atoms with Gasteiger partial charge in [0.2, 0.25) is 0 Å². The number of pyridine rings is 2. The number of hydrogen-bond donors (Lipinski definition) is 2. The van der Waals surface area contributed by atoms with Crippen molar-refractivity contribution in [1.29, 1.82) is 0 Å². The molecule has 0 bridgehead atoms. The quantitative estimate of drug-likeness (QED) is 0.564. The summed E-state index contributed by atoms with van der Waals surface area (Å²) in [6.07, 6.45) is 4.97. The van der Waals surface area contributed by atoms with E-state index in [1.165, 1.54) is 25.0 Å². The van der Waals surface area contributed by atoms with Crippen LogP contribution >= 0.6 is 11.6 Å². The smallest absolute Gasteiger partial charge is 0.126 e. The molecule has 0 unspecified atom stereocenters. The van der Waals surface area contributed by atoms with E-state index in [4.69, 9.17) is 11.6 Å². The van der Waals surface area contributed by atoms with Gasteiger partial charge >= 0.3 is 0 Å². The molecule has 0 radical (unpaired) electrons. The second kappa shape index (κ2) is 9.49. The largest absolute Gasteiger partial charge is 0.366 e. The fraction of sp³-hybridized carbons (Fsp3) is 0.304. The average molecular weight is 429 g/mol. The Kier molecular flexibility index (Phi) is 6.55. The van der Waals surface area contributed by atoms with Crippen LogP contribution in [-0.4, -0.2) is 23.1 Å². The molecule has 1 fully saturated rings. The topological polar surface area (TPSA) is 49.8 Å². The Labute approximate surface area is 179 Å². The molecule has 3 aromatic rings.